The van der Waals surface area contributed by atoms with E-state index in [-0.39, 0.29) is 6.10 Å². The van der Waals surface area contributed by atoms with E-state index in [4.69, 9.17) is 4.74 Å². The van der Waals surface area contributed by atoms with E-state index in [2.05, 4.69) is 24.1 Å². The van der Waals surface area contributed by atoms with Crippen molar-refractivity contribution >= 4 is 11.3 Å². The van der Waals surface area contributed by atoms with E-state index in [0.717, 1.165) is 11.6 Å². The summed E-state index contributed by atoms with van der Waals surface area (Å²) < 4.78 is 5.22. The molecule has 4 heteroatoms. The molecule has 0 spiro atoms. The van der Waals surface area contributed by atoms with Crippen molar-refractivity contribution in [2.45, 2.75) is 32.9 Å². The zero-order valence-electron chi connectivity index (χ0n) is 9.20. The standard InChI is InChI=1S/C10H18N2OS/c1-5-11-7(2)9-6-12-10(14-9)8(3)13-4/h6-8,11H,5H2,1-4H3. The molecule has 3 nitrogen and oxygen atoms in total. The minimum Gasteiger partial charge on any atom is -0.375 e. The van der Waals surface area contributed by atoms with Crippen molar-refractivity contribution in [1.82, 2.24) is 10.3 Å². The maximum absolute atomic E-state index is 5.22. The Morgan fingerprint density at radius 1 is 1.57 bits per heavy atom. The molecule has 0 fully saturated rings. The van der Waals surface area contributed by atoms with Crippen molar-refractivity contribution in [2.24, 2.45) is 0 Å². The van der Waals surface area contributed by atoms with Crippen molar-refractivity contribution in [2.75, 3.05) is 13.7 Å². The molecular weight excluding hydrogens is 196 g/mol. The second-order valence-corrected chi connectivity index (χ2v) is 4.35. The molecule has 0 amide bonds. The fraction of sp³-hybridized carbons (Fsp3) is 0.700. The van der Waals surface area contributed by atoms with Gasteiger partial charge in [0.25, 0.3) is 0 Å². The van der Waals surface area contributed by atoms with E-state index in [1.807, 2.05) is 13.1 Å². The van der Waals surface area contributed by atoms with Gasteiger partial charge in [-0.05, 0) is 20.4 Å². The third-order valence-corrected chi connectivity index (χ3v) is 3.52. The second-order valence-electron chi connectivity index (χ2n) is 3.26. The number of nitrogens with one attached hydrogen (secondary N) is 1. The monoisotopic (exact) mass is 214 g/mol. The fourth-order valence-electron chi connectivity index (χ4n) is 1.20. The first-order valence-corrected chi connectivity index (χ1v) is 5.72. The molecular formula is C10H18N2OS. The van der Waals surface area contributed by atoms with Crippen LogP contribution >= 0.6 is 11.3 Å². The normalized spacial score (nSPS) is 15.4. The van der Waals surface area contributed by atoms with Crippen molar-refractivity contribution in [3.8, 4) is 0 Å². The van der Waals surface area contributed by atoms with Crippen molar-refractivity contribution in [3.63, 3.8) is 0 Å². The van der Waals surface area contributed by atoms with Crippen LogP contribution in [-0.2, 0) is 4.74 Å². The second kappa shape index (κ2) is 5.44. The van der Waals surface area contributed by atoms with Crippen molar-refractivity contribution in [1.29, 1.82) is 0 Å². The smallest absolute Gasteiger partial charge is 0.121 e. The summed E-state index contributed by atoms with van der Waals surface area (Å²) in [5.74, 6) is 0. The molecule has 1 heterocycles. The molecule has 80 valence electrons. The van der Waals surface area contributed by atoms with E-state index in [1.54, 1.807) is 18.4 Å². The first-order chi connectivity index (χ1) is 6.69. The van der Waals surface area contributed by atoms with Crippen LogP contribution in [0.4, 0.5) is 0 Å². The summed E-state index contributed by atoms with van der Waals surface area (Å²) in [4.78, 5) is 5.61. The molecule has 0 radical (unpaired) electrons. The minimum atomic E-state index is 0.0996. The zero-order chi connectivity index (χ0) is 10.6. The SMILES string of the molecule is CCNC(C)c1cnc(C(C)OC)s1. The third kappa shape index (κ3) is 2.77. The molecule has 0 saturated heterocycles. The minimum absolute atomic E-state index is 0.0996. The van der Waals surface area contributed by atoms with Crippen LogP contribution in [-0.4, -0.2) is 18.6 Å². The van der Waals surface area contributed by atoms with Gasteiger partial charge in [0.2, 0.25) is 0 Å². The molecule has 0 aliphatic carbocycles. The number of rotatable bonds is 5. The average molecular weight is 214 g/mol. The Labute approximate surface area is 89.5 Å². The fourth-order valence-corrected chi connectivity index (χ4v) is 2.17. The van der Waals surface area contributed by atoms with Crippen LogP contribution in [0.1, 0.15) is 42.8 Å². The largest absolute Gasteiger partial charge is 0.375 e. The first kappa shape index (κ1) is 11.6. The maximum atomic E-state index is 5.22. The van der Waals surface area contributed by atoms with E-state index in [9.17, 15) is 0 Å². The summed E-state index contributed by atoms with van der Waals surface area (Å²) in [6.45, 7) is 7.25. The lowest BCUT2D eigenvalue weighted by Crippen LogP contribution is -2.16. The molecule has 0 aromatic carbocycles. The topological polar surface area (TPSA) is 34.2 Å². The molecule has 14 heavy (non-hydrogen) atoms. The molecule has 1 N–H and O–H groups in total. The molecule has 0 bridgehead atoms. The number of nitrogens with zero attached hydrogens (tertiary/aromatic N) is 1. The van der Waals surface area contributed by atoms with Crippen LogP contribution in [0.5, 0.6) is 0 Å². The summed E-state index contributed by atoms with van der Waals surface area (Å²) in [7, 11) is 1.71. The van der Waals surface area contributed by atoms with E-state index >= 15 is 0 Å². The van der Waals surface area contributed by atoms with Crippen LogP contribution in [0.3, 0.4) is 0 Å². The van der Waals surface area contributed by atoms with Gasteiger partial charge in [0.05, 0.1) is 0 Å². The van der Waals surface area contributed by atoms with Gasteiger partial charge < -0.3 is 10.1 Å². The van der Waals surface area contributed by atoms with Gasteiger partial charge in [-0.1, -0.05) is 6.92 Å². The van der Waals surface area contributed by atoms with Gasteiger partial charge in [-0.15, -0.1) is 11.3 Å². The highest BCUT2D eigenvalue weighted by Gasteiger charge is 2.12. The van der Waals surface area contributed by atoms with Crippen LogP contribution < -0.4 is 5.32 Å². The van der Waals surface area contributed by atoms with Crippen molar-refractivity contribution in [3.05, 3.63) is 16.1 Å². The number of hydrogen-bond acceptors (Lipinski definition) is 4. The molecule has 1 aromatic rings. The zero-order valence-corrected chi connectivity index (χ0v) is 10.0. The molecule has 0 aliphatic heterocycles. The predicted octanol–water partition coefficient (Wildman–Crippen LogP) is 2.52. The summed E-state index contributed by atoms with van der Waals surface area (Å²) >= 11 is 1.72. The molecule has 2 unspecified atom stereocenters. The maximum Gasteiger partial charge on any atom is 0.121 e. The molecule has 2 atom stereocenters. The lowest BCUT2D eigenvalue weighted by atomic mass is 10.3. The van der Waals surface area contributed by atoms with Crippen LogP contribution in [0.15, 0.2) is 6.20 Å². The number of hydrogen-bond donors (Lipinski definition) is 1. The molecule has 1 rings (SSSR count). The van der Waals surface area contributed by atoms with Gasteiger partial charge in [-0.25, -0.2) is 4.98 Å². The Bertz CT molecular complexity index is 275. The summed E-state index contributed by atoms with van der Waals surface area (Å²) in [6, 6.07) is 0.385. The molecule has 0 aliphatic rings. The lowest BCUT2D eigenvalue weighted by Gasteiger charge is -2.08. The Morgan fingerprint density at radius 3 is 2.86 bits per heavy atom. The number of aromatic nitrogens is 1. The van der Waals surface area contributed by atoms with E-state index < -0.39 is 0 Å². The summed E-state index contributed by atoms with van der Waals surface area (Å²) in [5.41, 5.74) is 0. The van der Waals surface area contributed by atoms with E-state index in [0.29, 0.717) is 6.04 Å². The number of thiazole rings is 1. The van der Waals surface area contributed by atoms with E-state index in [1.165, 1.54) is 4.88 Å². The highest BCUT2D eigenvalue weighted by atomic mass is 32.1. The predicted molar refractivity (Wildman–Crippen MR) is 59.6 cm³/mol. The number of ether oxygens (including phenoxy) is 1. The lowest BCUT2D eigenvalue weighted by molar-refractivity contribution is 0.119. The Morgan fingerprint density at radius 2 is 2.29 bits per heavy atom. The molecule has 0 saturated carbocycles. The Balaban J connectivity index is 2.67. The van der Waals surface area contributed by atoms with Crippen LogP contribution in [0.2, 0.25) is 0 Å². The quantitative estimate of drug-likeness (QED) is 0.818. The first-order valence-electron chi connectivity index (χ1n) is 4.90. The number of methoxy groups -OCH3 is 1. The highest BCUT2D eigenvalue weighted by Crippen LogP contribution is 2.25. The Kier molecular flexibility index (Phi) is 4.51. The van der Waals surface area contributed by atoms with Crippen LogP contribution in [0, 0.1) is 0 Å². The van der Waals surface area contributed by atoms with Gasteiger partial charge in [-0.2, -0.15) is 0 Å². The van der Waals surface area contributed by atoms with Crippen molar-refractivity contribution < 1.29 is 4.74 Å². The summed E-state index contributed by atoms with van der Waals surface area (Å²) in [5, 5.41) is 4.41. The molecule has 1 aromatic heterocycles. The Hall–Kier alpha value is -0.450. The van der Waals surface area contributed by atoms with Gasteiger partial charge in [0.15, 0.2) is 0 Å². The summed E-state index contributed by atoms with van der Waals surface area (Å²) in [6.07, 6.45) is 2.03. The highest BCUT2D eigenvalue weighted by molar-refractivity contribution is 7.11. The third-order valence-electron chi connectivity index (χ3n) is 2.18. The van der Waals surface area contributed by atoms with Gasteiger partial charge in [0, 0.05) is 24.2 Å². The van der Waals surface area contributed by atoms with Gasteiger partial charge in [0.1, 0.15) is 11.1 Å². The average Bonchev–Trinajstić information content (AvgIpc) is 2.66. The van der Waals surface area contributed by atoms with Gasteiger partial charge >= 0.3 is 0 Å². The van der Waals surface area contributed by atoms with Crippen LogP contribution in [0.25, 0.3) is 0 Å². The van der Waals surface area contributed by atoms with Gasteiger partial charge in [-0.3, -0.25) is 0 Å².